The molecule has 4 nitrogen and oxygen atoms in total. The molecule has 4 heteroatoms. The van der Waals surface area contributed by atoms with Crippen LogP contribution >= 0.6 is 0 Å². The first-order chi connectivity index (χ1) is 12.4. The van der Waals surface area contributed by atoms with E-state index >= 15 is 0 Å². The topological polar surface area (TPSA) is 43.6 Å². The van der Waals surface area contributed by atoms with Gasteiger partial charge in [0, 0.05) is 30.1 Å². The van der Waals surface area contributed by atoms with Crippen molar-refractivity contribution in [3.63, 3.8) is 0 Å². The van der Waals surface area contributed by atoms with Gasteiger partial charge in [-0.2, -0.15) is 0 Å². The first kappa shape index (κ1) is 15.3. The van der Waals surface area contributed by atoms with Gasteiger partial charge >= 0.3 is 0 Å². The Balaban J connectivity index is 1.73. The predicted molar refractivity (Wildman–Crippen MR) is 98.8 cm³/mol. The number of aryl methyl sites for hydroxylation is 2. The van der Waals surface area contributed by atoms with Gasteiger partial charge in [0.1, 0.15) is 5.69 Å². The number of benzene rings is 2. The van der Waals surface area contributed by atoms with Crippen LogP contribution in [0, 0.1) is 0 Å². The molecule has 0 fully saturated rings. The van der Waals surface area contributed by atoms with Crippen LogP contribution < -0.4 is 0 Å². The summed E-state index contributed by atoms with van der Waals surface area (Å²) in [6, 6.07) is 24.6. The Bertz CT molecular complexity index is 932. The molecule has 0 aliphatic carbocycles. The maximum atomic E-state index is 4.48. The van der Waals surface area contributed by atoms with Crippen LogP contribution in [0.25, 0.3) is 22.5 Å². The van der Waals surface area contributed by atoms with Crippen LogP contribution in [0.15, 0.2) is 85.2 Å². The second-order valence-electron chi connectivity index (χ2n) is 5.85. The number of rotatable bonds is 5. The minimum Gasteiger partial charge on any atom is -0.265 e. The molecule has 4 rings (SSSR count). The second kappa shape index (κ2) is 7.09. The number of hydrogen-bond acceptors (Lipinski definition) is 3. The summed E-state index contributed by atoms with van der Waals surface area (Å²) in [7, 11) is 0. The zero-order valence-corrected chi connectivity index (χ0v) is 13.8. The van der Waals surface area contributed by atoms with Crippen molar-refractivity contribution in [2.75, 3.05) is 0 Å². The monoisotopic (exact) mass is 326 g/mol. The van der Waals surface area contributed by atoms with Gasteiger partial charge in [0.25, 0.3) is 0 Å². The Morgan fingerprint density at radius 2 is 1.36 bits per heavy atom. The number of pyridine rings is 1. The van der Waals surface area contributed by atoms with Crippen LogP contribution in [-0.4, -0.2) is 20.0 Å². The highest BCUT2D eigenvalue weighted by atomic mass is 15.4. The van der Waals surface area contributed by atoms with Gasteiger partial charge < -0.3 is 0 Å². The Morgan fingerprint density at radius 3 is 2.04 bits per heavy atom. The maximum Gasteiger partial charge on any atom is 0.121 e. The average molecular weight is 326 g/mol. The lowest BCUT2D eigenvalue weighted by atomic mass is 10.0. The normalized spacial score (nSPS) is 10.7. The Kier molecular flexibility index (Phi) is 4.33. The van der Waals surface area contributed by atoms with Crippen molar-refractivity contribution in [1.29, 1.82) is 0 Å². The van der Waals surface area contributed by atoms with Crippen LogP contribution in [0.3, 0.4) is 0 Å². The van der Waals surface area contributed by atoms with E-state index in [-0.39, 0.29) is 0 Å². The molecule has 0 aliphatic heterocycles. The first-order valence-electron chi connectivity index (χ1n) is 8.35. The van der Waals surface area contributed by atoms with Crippen molar-refractivity contribution < 1.29 is 0 Å². The van der Waals surface area contributed by atoms with Crippen LogP contribution in [0.2, 0.25) is 0 Å². The fraction of sp³-hybridized carbons (Fsp3) is 0.0952. The summed E-state index contributed by atoms with van der Waals surface area (Å²) in [5, 5.41) is 8.91. The van der Waals surface area contributed by atoms with Crippen LogP contribution in [0.5, 0.6) is 0 Å². The Hall–Kier alpha value is -3.27. The fourth-order valence-corrected chi connectivity index (χ4v) is 2.93. The fourth-order valence-electron chi connectivity index (χ4n) is 2.93. The minimum atomic E-state index is 0.772. The quantitative estimate of drug-likeness (QED) is 0.551. The van der Waals surface area contributed by atoms with E-state index in [0.29, 0.717) is 0 Å². The molecule has 0 radical (unpaired) electrons. The third-order valence-electron chi connectivity index (χ3n) is 4.19. The lowest BCUT2D eigenvalue weighted by Crippen LogP contribution is -2.05. The van der Waals surface area contributed by atoms with E-state index in [2.05, 4.69) is 39.6 Å². The highest BCUT2D eigenvalue weighted by molar-refractivity contribution is 5.77. The van der Waals surface area contributed by atoms with E-state index in [0.717, 1.165) is 35.5 Å². The lowest BCUT2D eigenvalue weighted by Gasteiger charge is -2.09. The molecule has 0 bridgehead atoms. The first-order valence-corrected chi connectivity index (χ1v) is 8.35. The maximum absolute atomic E-state index is 4.48. The summed E-state index contributed by atoms with van der Waals surface area (Å²) in [6.45, 7) is 0.772. The molecule has 2 heterocycles. The van der Waals surface area contributed by atoms with E-state index in [1.165, 1.54) is 5.56 Å². The van der Waals surface area contributed by atoms with Gasteiger partial charge in [0.15, 0.2) is 0 Å². The number of hydrogen-bond donors (Lipinski definition) is 0. The highest BCUT2D eigenvalue weighted by Gasteiger charge is 2.16. The van der Waals surface area contributed by atoms with Gasteiger partial charge in [-0.25, -0.2) is 4.68 Å². The summed E-state index contributed by atoms with van der Waals surface area (Å²) >= 11 is 0. The average Bonchev–Trinajstić information content (AvgIpc) is 3.12. The van der Waals surface area contributed by atoms with Crippen LogP contribution in [-0.2, 0) is 13.0 Å². The van der Waals surface area contributed by atoms with Crippen molar-refractivity contribution in [2.45, 2.75) is 13.0 Å². The summed E-state index contributed by atoms with van der Waals surface area (Å²) in [5.74, 6) is 0. The van der Waals surface area contributed by atoms with Crippen LogP contribution in [0.4, 0.5) is 0 Å². The van der Waals surface area contributed by atoms with E-state index in [4.69, 9.17) is 0 Å². The molecular weight excluding hydrogens is 308 g/mol. The molecule has 2 aromatic heterocycles. The smallest absolute Gasteiger partial charge is 0.121 e. The second-order valence-corrected chi connectivity index (χ2v) is 5.85. The van der Waals surface area contributed by atoms with Crippen molar-refractivity contribution in [3.05, 3.63) is 90.8 Å². The lowest BCUT2D eigenvalue weighted by molar-refractivity contribution is 0.594. The Labute approximate surface area is 146 Å². The molecule has 0 amide bonds. The molecule has 4 aromatic rings. The third-order valence-corrected chi connectivity index (χ3v) is 4.19. The molecule has 25 heavy (non-hydrogen) atoms. The van der Waals surface area contributed by atoms with Gasteiger partial charge in [-0.05, 0) is 24.1 Å². The summed E-state index contributed by atoms with van der Waals surface area (Å²) in [5.41, 5.74) is 5.42. The highest BCUT2D eigenvalue weighted by Crippen LogP contribution is 2.30. The number of nitrogens with zero attached hydrogens (tertiary/aromatic N) is 4. The van der Waals surface area contributed by atoms with Gasteiger partial charge in [-0.15, -0.1) is 5.10 Å². The van der Waals surface area contributed by atoms with Gasteiger partial charge in [-0.1, -0.05) is 65.9 Å². The zero-order chi connectivity index (χ0) is 16.9. The van der Waals surface area contributed by atoms with Crippen molar-refractivity contribution in [2.24, 2.45) is 0 Å². The molecule has 0 unspecified atom stereocenters. The number of aromatic nitrogens is 4. The summed E-state index contributed by atoms with van der Waals surface area (Å²) < 4.78 is 2.00. The van der Waals surface area contributed by atoms with E-state index in [1.54, 1.807) is 0 Å². The molecule has 0 saturated heterocycles. The molecule has 122 valence electrons. The molecule has 0 N–H and O–H groups in total. The van der Waals surface area contributed by atoms with Crippen molar-refractivity contribution in [3.8, 4) is 22.5 Å². The van der Waals surface area contributed by atoms with Crippen LogP contribution in [0.1, 0.15) is 5.56 Å². The van der Waals surface area contributed by atoms with Gasteiger partial charge in [0.05, 0.1) is 5.69 Å². The molecular formula is C21H18N4. The standard InChI is InChI=1S/C21H18N4/c1-3-7-18(8-4-1)20-21(19-9-5-2-6-10-19)25(24-23-20)16-13-17-11-14-22-15-12-17/h1-12,14-15H,13,16H2. The van der Waals surface area contributed by atoms with Gasteiger partial charge in [0.2, 0.25) is 0 Å². The minimum absolute atomic E-state index is 0.772. The summed E-state index contributed by atoms with van der Waals surface area (Å²) in [4.78, 5) is 4.07. The van der Waals surface area contributed by atoms with Crippen molar-refractivity contribution >= 4 is 0 Å². The van der Waals surface area contributed by atoms with E-state index in [1.807, 2.05) is 65.6 Å². The van der Waals surface area contributed by atoms with Gasteiger partial charge in [-0.3, -0.25) is 4.98 Å². The SMILES string of the molecule is c1ccc(-c2nnn(CCc3ccncc3)c2-c2ccccc2)cc1. The van der Waals surface area contributed by atoms with E-state index in [9.17, 15) is 0 Å². The van der Waals surface area contributed by atoms with Crippen molar-refractivity contribution in [1.82, 2.24) is 20.0 Å². The third kappa shape index (κ3) is 3.33. The summed E-state index contributed by atoms with van der Waals surface area (Å²) in [6.07, 6.45) is 4.54. The zero-order valence-electron chi connectivity index (χ0n) is 13.8. The molecule has 0 atom stereocenters. The predicted octanol–water partition coefficient (Wildman–Crippen LogP) is 4.25. The molecule has 0 spiro atoms. The largest absolute Gasteiger partial charge is 0.265 e. The van der Waals surface area contributed by atoms with E-state index < -0.39 is 0 Å². The molecule has 0 saturated carbocycles. The molecule has 0 aliphatic rings. The molecule has 2 aromatic carbocycles. The Morgan fingerprint density at radius 1 is 0.720 bits per heavy atom.